The van der Waals surface area contributed by atoms with Crippen LogP contribution in [0.15, 0.2) is 17.7 Å². The summed E-state index contributed by atoms with van der Waals surface area (Å²) in [6.07, 6.45) is 0. The summed E-state index contributed by atoms with van der Waals surface area (Å²) >= 11 is 1.73. The quantitative estimate of drug-likeness (QED) is 0.497. The molecule has 0 amide bonds. The Labute approximate surface area is 49.3 Å². The fraction of sp³-hybridized carbons (Fsp3) is 0.500. The zero-order chi connectivity index (χ0) is 5.70. The highest BCUT2D eigenvalue weighted by Gasteiger charge is 1.84. The van der Waals surface area contributed by atoms with Crippen LogP contribution in [0.25, 0.3) is 0 Å². The summed E-state index contributed by atoms with van der Waals surface area (Å²) < 4.78 is 0. The standard InChI is InChI=1S/C6H10S/c1-4-5-7-6(2)3/h5-6H,1H2,2-3H3. The molecule has 0 rings (SSSR count). The van der Waals surface area contributed by atoms with E-state index >= 15 is 0 Å². The molecule has 0 N–H and O–H groups in total. The molecule has 0 aromatic rings. The molecule has 1 heteroatoms. The van der Waals surface area contributed by atoms with E-state index in [1.807, 2.05) is 5.41 Å². The van der Waals surface area contributed by atoms with E-state index in [-0.39, 0.29) is 0 Å². The molecule has 7 heavy (non-hydrogen) atoms. The van der Waals surface area contributed by atoms with Crippen molar-refractivity contribution in [1.82, 2.24) is 0 Å². The topological polar surface area (TPSA) is 0 Å². The normalized spacial score (nSPS) is 8.43. The first-order valence-corrected chi connectivity index (χ1v) is 3.21. The lowest BCUT2D eigenvalue weighted by Gasteiger charge is -1.92. The molecule has 0 heterocycles. The molecule has 0 saturated heterocycles. The molecule has 0 saturated carbocycles. The lowest BCUT2D eigenvalue weighted by Crippen LogP contribution is -1.79. The molecule has 40 valence electrons. The maximum absolute atomic E-state index is 3.43. The Balaban J connectivity index is 3.13. The van der Waals surface area contributed by atoms with E-state index in [0.717, 1.165) is 0 Å². The van der Waals surface area contributed by atoms with Gasteiger partial charge in [0.05, 0.1) is 0 Å². The first-order valence-electron chi connectivity index (χ1n) is 2.27. The van der Waals surface area contributed by atoms with E-state index in [4.69, 9.17) is 0 Å². The third kappa shape index (κ3) is 5.87. The summed E-state index contributed by atoms with van der Waals surface area (Å²) in [6.45, 7) is 7.71. The molecular formula is C6H10S. The second-order valence-corrected chi connectivity index (χ2v) is 2.96. The number of thioether (sulfide) groups is 1. The predicted molar refractivity (Wildman–Crippen MR) is 36.4 cm³/mol. The largest absolute Gasteiger partial charge is 0.123 e. The first kappa shape index (κ1) is 6.87. The molecule has 0 aliphatic rings. The van der Waals surface area contributed by atoms with Gasteiger partial charge in [-0.25, -0.2) is 0 Å². The third-order valence-electron chi connectivity index (χ3n) is 0.424. The van der Waals surface area contributed by atoms with Crippen molar-refractivity contribution in [3.8, 4) is 0 Å². The van der Waals surface area contributed by atoms with Crippen molar-refractivity contribution in [1.29, 1.82) is 0 Å². The minimum Gasteiger partial charge on any atom is -0.123 e. The molecule has 0 nitrogen and oxygen atoms in total. The summed E-state index contributed by atoms with van der Waals surface area (Å²) in [5.74, 6) is 0. The lowest BCUT2D eigenvalue weighted by atomic mass is 10.6. The second kappa shape index (κ2) is 4.04. The van der Waals surface area contributed by atoms with Gasteiger partial charge < -0.3 is 0 Å². The molecule has 0 aromatic heterocycles. The van der Waals surface area contributed by atoms with Crippen LogP contribution in [-0.2, 0) is 0 Å². The minimum absolute atomic E-state index is 0.661. The van der Waals surface area contributed by atoms with Crippen LogP contribution in [0.5, 0.6) is 0 Å². The fourth-order valence-corrected chi connectivity index (χ4v) is 0.553. The highest BCUT2D eigenvalue weighted by Crippen LogP contribution is 2.08. The van der Waals surface area contributed by atoms with Crippen LogP contribution in [0.1, 0.15) is 13.8 Å². The van der Waals surface area contributed by atoms with E-state index in [9.17, 15) is 0 Å². The van der Waals surface area contributed by atoms with E-state index < -0.39 is 0 Å². The van der Waals surface area contributed by atoms with Gasteiger partial charge in [0, 0.05) is 10.7 Å². The Bertz CT molecular complexity index is 78.2. The summed E-state index contributed by atoms with van der Waals surface area (Å²) in [4.78, 5) is 0. The zero-order valence-electron chi connectivity index (χ0n) is 4.77. The Morgan fingerprint density at radius 3 is 2.43 bits per heavy atom. The van der Waals surface area contributed by atoms with E-state index in [1.54, 1.807) is 11.8 Å². The van der Waals surface area contributed by atoms with E-state index in [2.05, 4.69) is 26.2 Å². The molecule has 0 aromatic carbocycles. The van der Waals surface area contributed by atoms with Crippen molar-refractivity contribution in [3.05, 3.63) is 17.7 Å². The van der Waals surface area contributed by atoms with Crippen molar-refractivity contribution in [2.75, 3.05) is 0 Å². The van der Waals surface area contributed by atoms with E-state index in [1.165, 1.54) is 0 Å². The maximum Gasteiger partial charge on any atom is 0.0125 e. The molecule has 0 radical (unpaired) electrons. The molecule has 0 spiro atoms. The van der Waals surface area contributed by atoms with E-state index in [0.29, 0.717) is 5.25 Å². The van der Waals surface area contributed by atoms with Crippen LogP contribution in [0, 0.1) is 0 Å². The zero-order valence-corrected chi connectivity index (χ0v) is 5.59. The van der Waals surface area contributed by atoms with Crippen molar-refractivity contribution in [2.24, 2.45) is 0 Å². The highest BCUT2D eigenvalue weighted by molar-refractivity contribution is 8.02. The lowest BCUT2D eigenvalue weighted by molar-refractivity contribution is 1.12. The third-order valence-corrected chi connectivity index (χ3v) is 1.27. The number of hydrogen-bond acceptors (Lipinski definition) is 1. The van der Waals surface area contributed by atoms with Crippen molar-refractivity contribution in [2.45, 2.75) is 19.1 Å². The van der Waals surface area contributed by atoms with Gasteiger partial charge in [0.2, 0.25) is 0 Å². The molecular weight excluding hydrogens is 104 g/mol. The van der Waals surface area contributed by atoms with Gasteiger partial charge in [0.25, 0.3) is 0 Å². The van der Waals surface area contributed by atoms with Gasteiger partial charge in [-0.1, -0.05) is 20.4 Å². The smallest absolute Gasteiger partial charge is 0.0125 e. The van der Waals surface area contributed by atoms with Crippen LogP contribution in [0.4, 0.5) is 0 Å². The van der Waals surface area contributed by atoms with Crippen LogP contribution < -0.4 is 0 Å². The molecule has 0 fully saturated rings. The molecule has 0 aliphatic carbocycles. The van der Waals surface area contributed by atoms with Gasteiger partial charge >= 0.3 is 0 Å². The van der Waals surface area contributed by atoms with Gasteiger partial charge in [-0.2, -0.15) is 0 Å². The Kier molecular flexibility index (Phi) is 3.97. The highest BCUT2D eigenvalue weighted by atomic mass is 32.2. The number of hydrogen-bond donors (Lipinski definition) is 0. The van der Waals surface area contributed by atoms with Crippen molar-refractivity contribution in [3.63, 3.8) is 0 Å². The summed E-state index contributed by atoms with van der Waals surface area (Å²) in [5.41, 5.74) is 2.69. The van der Waals surface area contributed by atoms with Crippen molar-refractivity contribution >= 4 is 11.8 Å². The van der Waals surface area contributed by atoms with Crippen LogP contribution in [0.3, 0.4) is 0 Å². The van der Waals surface area contributed by atoms with Gasteiger partial charge in [0.1, 0.15) is 0 Å². The second-order valence-electron chi connectivity index (χ2n) is 1.51. The summed E-state index contributed by atoms with van der Waals surface area (Å²) in [5, 5.41) is 2.54. The molecule has 0 atom stereocenters. The summed E-state index contributed by atoms with van der Waals surface area (Å²) in [7, 11) is 0. The Morgan fingerprint density at radius 2 is 2.29 bits per heavy atom. The SMILES string of the molecule is C=C=CSC(C)C. The van der Waals surface area contributed by atoms with Gasteiger partial charge in [-0.05, 0) is 0 Å². The molecule has 0 bridgehead atoms. The number of rotatable bonds is 2. The first-order chi connectivity index (χ1) is 3.27. The summed E-state index contributed by atoms with van der Waals surface area (Å²) in [6, 6.07) is 0. The van der Waals surface area contributed by atoms with Crippen LogP contribution in [0.2, 0.25) is 0 Å². The van der Waals surface area contributed by atoms with Crippen LogP contribution >= 0.6 is 11.8 Å². The van der Waals surface area contributed by atoms with Crippen molar-refractivity contribution < 1.29 is 0 Å². The minimum atomic E-state index is 0.661. The average molecular weight is 114 g/mol. The average Bonchev–Trinajstić information content (AvgIpc) is 1.61. The fourth-order valence-electron chi connectivity index (χ4n) is 0.184. The van der Waals surface area contributed by atoms with Crippen LogP contribution in [-0.4, -0.2) is 5.25 Å². The molecule has 0 unspecified atom stereocenters. The molecule has 0 aliphatic heterocycles. The predicted octanol–water partition coefficient (Wildman–Crippen LogP) is 2.43. The van der Waals surface area contributed by atoms with Gasteiger partial charge in [-0.3, -0.25) is 0 Å². The Morgan fingerprint density at radius 1 is 1.71 bits per heavy atom. The monoisotopic (exact) mass is 114 g/mol. The maximum atomic E-state index is 3.43. The van der Waals surface area contributed by atoms with Gasteiger partial charge in [-0.15, -0.1) is 17.5 Å². The Hall–Kier alpha value is -0.130. The van der Waals surface area contributed by atoms with Gasteiger partial charge in [0.15, 0.2) is 0 Å².